The molecular weight excluding hydrogens is 295 g/mol. The fourth-order valence-corrected chi connectivity index (χ4v) is 3.89. The highest BCUT2D eigenvalue weighted by molar-refractivity contribution is 9.10. The molecule has 0 radical (unpaired) electrons. The number of hydrogen-bond acceptors (Lipinski definition) is 1. The second-order valence-corrected chi connectivity index (χ2v) is 6.85. The highest BCUT2D eigenvalue weighted by Crippen LogP contribution is 2.38. The van der Waals surface area contributed by atoms with Crippen molar-refractivity contribution < 1.29 is 9.50 Å². The van der Waals surface area contributed by atoms with E-state index in [0.29, 0.717) is 18.3 Å². The zero-order chi connectivity index (χ0) is 13.3. The van der Waals surface area contributed by atoms with E-state index in [9.17, 15) is 9.50 Å². The van der Waals surface area contributed by atoms with Gasteiger partial charge in [0.25, 0.3) is 0 Å². The molecule has 1 aliphatic carbocycles. The third-order valence-corrected chi connectivity index (χ3v) is 4.53. The summed E-state index contributed by atoms with van der Waals surface area (Å²) in [7, 11) is 0. The second-order valence-electron chi connectivity index (χ2n) is 5.99. The first-order valence-electron chi connectivity index (χ1n) is 6.54. The van der Waals surface area contributed by atoms with Crippen LogP contribution in [0.25, 0.3) is 0 Å². The van der Waals surface area contributed by atoms with E-state index in [2.05, 4.69) is 29.8 Å². The van der Waals surface area contributed by atoms with Crippen LogP contribution in [0.4, 0.5) is 4.39 Å². The lowest BCUT2D eigenvalue weighted by molar-refractivity contribution is -0.0306. The monoisotopic (exact) mass is 314 g/mol. The quantitative estimate of drug-likeness (QED) is 0.862. The Balaban J connectivity index is 2.16. The Morgan fingerprint density at radius 3 is 2.50 bits per heavy atom. The minimum atomic E-state index is -0.641. The van der Waals surface area contributed by atoms with Gasteiger partial charge in [-0.15, -0.1) is 0 Å². The SMILES string of the molecule is CC1CC(C)CC(O)(Cc2ccc(F)cc2Br)C1. The first-order valence-corrected chi connectivity index (χ1v) is 7.33. The van der Waals surface area contributed by atoms with Crippen LogP contribution < -0.4 is 0 Å². The minimum Gasteiger partial charge on any atom is -0.390 e. The summed E-state index contributed by atoms with van der Waals surface area (Å²) < 4.78 is 13.8. The van der Waals surface area contributed by atoms with E-state index in [0.717, 1.165) is 22.9 Å². The van der Waals surface area contributed by atoms with E-state index in [-0.39, 0.29) is 5.82 Å². The molecule has 0 amide bonds. The average Bonchev–Trinajstić information content (AvgIpc) is 2.20. The Labute approximate surface area is 117 Å². The van der Waals surface area contributed by atoms with Crippen LogP contribution in [0.1, 0.15) is 38.7 Å². The van der Waals surface area contributed by atoms with Crippen molar-refractivity contribution in [2.45, 2.75) is 45.1 Å². The molecule has 18 heavy (non-hydrogen) atoms. The number of benzene rings is 1. The lowest BCUT2D eigenvalue weighted by Crippen LogP contribution is -2.39. The zero-order valence-corrected chi connectivity index (χ0v) is 12.5. The van der Waals surface area contributed by atoms with Gasteiger partial charge in [-0.1, -0.05) is 35.8 Å². The van der Waals surface area contributed by atoms with Gasteiger partial charge in [0.1, 0.15) is 5.82 Å². The van der Waals surface area contributed by atoms with Crippen LogP contribution in [0.5, 0.6) is 0 Å². The summed E-state index contributed by atoms with van der Waals surface area (Å²) in [5.74, 6) is 0.860. The lowest BCUT2D eigenvalue weighted by Gasteiger charge is -2.39. The van der Waals surface area contributed by atoms with Crippen molar-refractivity contribution in [2.24, 2.45) is 11.8 Å². The van der Waals surface area contributed by atoms with Gasteiger partial charge in [0, 0.05) is 10.9 Å². The summed E-state index contributed by atoms with van der Waals surface area (Å²) in [4.78, 5) is 0. The maximum atomic E-state index is 13.1. The summed E-state index contributed by atoms with van der Waals surface area (Å²) in [6.07, 6.45) is 3.46. The van der Waals surface area contributed by atoms with Gasteiger partial charge in [0.2, 0.25) is 0 Å². The molecule has 1 aromatic rings. The third-order valence-electron chi connectivity index (χ3n) is 3.80. The van der Waals surface area contributed by atoms with Crippen LogP contribution in [0.3, 0.4) is 0 Å². The Morgan fingerprint density at radius 1 is 1.33 bits per heavy atom. The molecular formula is C15H20BrFO. The third kappa shape index (κ3) is 3.33. The van der Waals surface area contributed by atoms with Crippen LogP contribution in [-0.2, 0) is 6.42 Å². The molecule has 0 aliphatic heterocycles. The maximum Gasteiger partial charge on any atom is 0.124 e. The largest absolute Gasteiger partial charge is 0.390 e. The molecule has 3 heteroatoms. The molecule has 100 valence electrons. The van der Waals surface area contributed by atoms with Gasteiger partial charge in [0.15, 0.2) is 0 Å². The van der Waals surface area contributed by atoms with Crippen LogP contribution in [0.2, 0.25) is 0 Å². The van der Waals surface area contributed by atoms with Crippen molar-refractivity contribution in [1.82, 2.24) is 0 Å². The van der Waals surface area contributed by atoms with E-state index >= 15 is 0 Å². The van der Waals surface area contributed by atoms with Crippen LogP contribution >= 0.6 is 15.9 Å². The molecule has 1 fully saturated rings. The first kappa shape index (κ1) is 14.0. The molecule has 1 N–H and O–H groups in total. The normalized spacial score (nSPS) is 32.5. The Hall–Kier alpha value is -0.410. The Morgan fingerprint density at radius 2 is 1.94 bits per heavy atom. The summed E-state index contributed by atoms with van der Waals surface area (Å²) in [5.41, 5.74) is 0.345. The van der Waals surface area contributed by atoms with Crippen molar-refractivity contribution in [3.63, 3.8) is 0 Å². The highest BCUT2D eigenvalue weighted by Gasteiger charge is 2.36. The van der Waals surface area contributed by atoms with Gasteiger partial charge in [-0.2, -0.15) is 0 Å². The van der Waals surface area contributed by atoms with E-state index < -0.39 is 5.60 Å². The van der Waals surface area contributed by atoms with Gasteiger partial charge in [-0.05, 0) is 48.8 Å². The maximum absolute atomic E-state index is 13.1. The Bertz CT molecular complexity index is 423. The summed E-state index contributed by atoms with van der Waals surface area (Å²) >= 11 is 3.38. The second kappa shape index (κ2) is 5.30. The molecule has 0 saturated heterocycles. The van der Waals surface area contributed by atoms with Crippen LogP contribution in [0.15, 0.2) is 22.7 Å². The molecule has 0 heterocycles. The van der Waals surface area contributed by atoms with Crippen molar-refractivity contribution in [3.8, 4) is 0 Å². The number of halogens is 2. The summed E-state index contributed by atoms with van der Waals surface area (Å²) in [5, 5.41) is 10.7. The molecule has 1 aliphatic rings. The summed E-state index contributed by atoms with van der Waals surface area (Å²) in [6, 6.07) is 4.69. The molecule has 1 saturated carbocycles. The molecule has 2 unspecified atom stereocenters. The highest BCUT2D eigenvalue weighted by atomic mass is 79.9. The molecule has 2 rings (SSSR count). The molecule has 1 aromatic carbocycles. The van der Waals surface area contributed by atoms with Gasteiger partial charge in [0.05, 0.1) is 5.60 Å². The smallest absolute Gasteiger partial charge is 0.124 e. The summed E-state index contributed by atoms with van der Waals surface area (Å²) in [6.45, 7) is 4.39. The fourth-order valence-electron chi connectivity index (χ4n) is 3.40. The van der Waals surface area contributed by atoms with E-state index in [1.807, 2.05) is 0 Å². The first-order chi connectivity index (χ1) is 8.38. The Kier molecular flexibility index (Phi) is 4.12. The van der Waals surface area contributed by atoms with Crippen molar-refractivity contribution in [3.05, 3.63) is 34.1 Å². The standard InChI is InChI=1S/C15H20BrFO/c1-10-5-11(2)8-15(18,7-10)9-12-3-4-13(17)6-14(12)16/h3-4,6,10-11,18H,5,7-9H2,1-2H3. The average molecular weight is 315 g/mol. The minimum absolute atomic E-state index is 0.247. The number of rotatable bonds is 2. The molecule has 1 nitrogen and oxygen atoms in total. The zero-order valence-electron chi connectivity index (χ0n) is 10.9. The van der Waals surface area contributed by atoms with Gasteiger partial charge < -0.3 is 5.11 Å². The van der Waals surface area contributed by atoms with Gasteiger partial charge in [-0.3, -0.25) is 0 Å². The van der Waals surface area contributed by atoms with E-state index in [1.54, 1.807) is 6.07 Å². The molecule has 0 spiro atoms. The fraction of sp³-hybridized carbons (Fsp3) is 0.600. The van der Waals surface area contributed by atoms with Crippen LogP contribution in [-0.4, -0.2) is 10.7 Å². The predicted octanol–water partition coefficient (Wildman–Crippen LogP) is 4.32. The van der Waals surface area contributed by atoms with Crippen molar-refractivity contribution in [1.29, 1.82) is 0 Å². The molecule has 2 atom stereocenters. The van der Waals surface area contributed by atoms with Gasteiger partial charge in [-0.25, -0.2) is 4.39 Å². The molecule has 0 aromatic heterocycles. The topological polar surface area (TPSA) is 20.2 Å². The van der Waals surface area contributed by atoms with Crippen LogP contribution in [0, 0.1) is 17.7 Å². The van der Waals surface area contributed by atoms with Gasteiger partial charge >= 0.3 is 0 Å². The van der Waals surface area contributed by atoms with E-state index in [4.69, 9.17) is 0 Å². The molecule has 0 bridgehead atoms. The number of hydrogen-bond donors (Lipinski definition) is 1. The van der Waals surface area contributed by atoms with Crippen molar-refractivity contribution >= 4 is 15.9 Å². The van der Waals surface area contributed by atoms with Crippen molar-refractivity contribution in [2.75, 3.05) is 0 Å². The lowest BCUT2D eigenvalue weighted by atomic mass is 9.71. The number of aliphatic hydroxyl groups is 1. The van der Waals surface area contributed by atoms with E-state index in [1.165, 1.54) is 18.6 Å². The predicted molar refractivity (Wildman–Crippen MR) is 74.9 cm³/mol.